The largest absolute Gasteiger partial charge is 0.480 e. The van der Waals surface area contributed by atoms with Gasteiger partial charge in [-0.15, -0.1) is 6.58 Å². The number of rotatable bonds is 13. The topological polar surface area (TPSA) is 150 Å². The van der Waals surface area contributed by atoms with E-state index < -0.39 is 64.8 Å². The molecule has 9 nitrogen and oxygen atoms in total. The second kappa shape index (κ2) is 13.3. The van der Waals surface area contributed by atoms with Crippen LogP contribution in [0, 0.1) is 41.4 Å². The molecule has 226 valence electrons. The first-order valence-corrected chi connectivity index (χ1v) is 15.0. The van der Waals surface area contributed by atoms with Crippen LogP contribution in [0.15, 0.2) is 36.0 Å². The monoisotopic (exact) mass is 570 g/mol. The zero-order chi connectivity index (χ0) is 30.6. The summed E-state index contributed by atoms with van der Waals surface area (Å²) in [6.45, 7) is 13.4. The number of amides is 3. The van der Waals surface area contributed by atoms with Crippen molar-refractivity contribution in [3.63, 3.8) is 0 Å². The van der Waals surface area contributed by atoms with E-state index >= 15 is 0 Å². The van der Waals surface area contributed by atoms with Crippen molar-refractivity contribution in [3.05, 3.63) is 36.0 Å². The molecule has 0 radical (unpaired) electrons. The zero-order valence-electron chi connectivity index (χ0n) is 24.9. The molecule has 1 fully saturated rings. The number of carboxylic acid groups (broad SMARTS) is 1. The number of ketones is 1. The van der Waals surface area contributed by atoms with Crippen LogP contribution in [0.25, 0.3) is 0 Å². The van der Waals surface area contributed by atoms with Crippen molar-refractivity contribution in [2.75, 3.05) is 0 Å². The summed E-state index contributed by atoms with van der Waals surface area (Å²) in [4.78, 5) is 65.0. The number of carbonyl (C=O) groups is 5. The lowest BCUT2D eigenvalue weighted by Crippen LogP contribution is -2.57. The van der Waals surface area contributed by atoms with Crippen molar-refractivity contribution in [1.82, 2.24) is 10.6 Å². The van der Waals surface area contributed by atoms with Gasteiger partial charge in [-0.25, -0.2) is 4.79 Å². The first kappa shape index (κ1) is 32.4. The first-order chi connectivity index (χ1) is 19.2. The molecule has 1 saturated carbocycles. The number of nitrogens with one attached hydrogen (secondary N) is 2. The Bertz CT molecular complexity index is 1140. The lowest BCUT2D eigenvalue weighted by molar-refractivity contribution is -0.148. The maximum absolute atomic E-state index is 14.2. The Kier molecular flexibility index (Phi) is 10.5. The molecule has 3 amide bonds. The van der Waals surface area contributed by atoms with Gasteiger partial charge in [-0.05, 0) is 43.4 Å². The molecular weight excluding hydrogens is 524 g/mol. The van der Waals surface area contributed by atoms with E-state index in [9.17, 15) is 34.2 Å². The number of imide groups is 1. The van der Waals surface area contributed by atoms with Crippen LogP contribution < -0.4 is 10.6 Å². The lowest BCUT2D eigenvalue weighted by Gasteiger charge is -2.51. The molecule has 9 heteroatoms. The molecule has 0 spiro atoms. The third-order valence-corrected chi connectivity index (χ3v) is 9.05. The van der Waals surface area contributed by atoms with Crippen LogP contribution in [-0.2, 0) is 24.0 Å². The van der Waals surface area contributed by atoms with Crippen LogP contribution in [-0.4, -0.2) is 51.3 Å². The minimum atomic E-state index is -1.51. The third-order valence-electron chi connectivity index (χ3n) is 9.05. The van der Waals surface area contributed by atoms with E-state index in [4.69, 9.17) is 0 Å². The third kappa shape index (κ3) is 6.88. The molecule has 0 aromatic heterocycles. The highest BCUT2D eigenvalue weighted by Crippen LogP contribution is 2.51. The molecule has 0 aromatic rings. The van der Waals surface area contributed by atoms with E-state index in [-0.39, 0.29) is 41.7 Å². The molecule has 2 aliphatic carbocycles. The molecule has 4 N–H and O–H groups in total. The van der Waals surface area contributed by atoms with Crippen molar-refractivity contribution in [2.45, 2.75) is 91.2 Å². The van der Waals surface area contributed by atoms with Crippen LogP contribution in [0.4, 0.5) is 0 Å². The van der Waals surface area contributed by atoms with Crippen LogP contribution in [0.2, 0.25) is 0 Å². The molecule has 1 heterocycles. The normalized spacial score (nSPS) is 31.0. The number of unbranched alkanes of at least 4 members (excludes halogenated alkanes) is 2. The van der Waals surface area contributed by atoms with Gasteiger partial charge in [-0.2, -0.15) is 0 Å². The Labute approximate surface area is 242 Å². The van der Waals surface area contributed by atoms with E-state index in [1.165, 1.54) is 0 Å². The highest BCUT2D eigenvalue weighted by molar-refractivity contribution is 6.33. The number of aliphatic hydroxyl groups is 1. The average Bonchev–Trinajstić information content (AvgIpc) is 3.19. The second-order valence-electron chi connectivity index (χ2n) is 12.7. The van der Waals surface area contributed by atoms with Crippen LogP contribution >= 0.6 is 0 Å². The van der Waals surface area contributed by atoms with E-state index in [0.717, 1.165) is 19.3 Å². The van der Waals surface area contributed by atoms with E-state index in [0.29, 0.717) is 12.8 Å². The maximum Gasteiger partial charge on any atom is 0.326 e. The molecule has 0 bridgehead atoms. The number of aliphatic carboxylic acids is 1. The molecular formula is C32H46N2O7. The van der Waals surface area contributed by atoms with Crippen molar-refractivity contribution in [2.24, 2.45) is 41.4 Å². The van der Waals surface area contributed by atoms with Gasteiger partial charge < -0.3 is 15.5 Å². The Hall–Kier alpha value is -3.07. The summed E-state index contributed by atoms with van der Waals surface area (Å²) in [5.41, 5.74) is -1.50. The van der Waals surface area contributed by atoms with Gasteiger partial charge in [0.05, 0.1) is 11.2 Å². The van der Waals surface area contributed by atoms with Crippen molar-refractivity contribution in [1.29, 1.82) is 0 Å². The zero-order valence-corrected chi connectivity index (χ0v) is 24.9. The van der Waals surface area contributed by atoms with E-state index in [2.05, 4.69) is 24.1 Å². The molecule has 41 heavy (non-hydrogen) atoms. The molecule has 3 rings (SSSR count). The fraction of sp³-hybridized carbons (Fsp3) is 0.656. The number of carboxylic acids is 1. The number of hydrogen-bond donors (Lipinski definition) is 4. The average molecular weight is 571 g/mol. The number of fused-ring (bicyclic) bond motifs is 1. The van der Waals surface area contributed by atoms with Crippen LogP contribution in [0.5, 0.6) is 0 Å². The van der Waals surface area contributed by atoms with Gasteiger partial charge in [-0.3, -0.25) is 24.5 Å². The minimum Gasteiger partial charge on any atom is -0.480 e. The van der Waals surface area contributed by atoms with Crippen LogP contribution in [0.3, 0.4) is 0 Å². The summed E-state index contributed by atoms with van der Waals surface area (Å²) in [5, 5.41) is 26.4. The number of allylic oxidation sites excluding steroid dienone is 2. The molecule has 3 aliphatic rings. The summed E-state index contributed by atoms with van der Waals surface area (Å²) in [7, 11) is 0. The summed E-state index contributed by atoms with van der Waals surface area (Å²) in [6, 6.07) is -1.03. The molecule has 8 atom stereocenters. The Balaban J connectivity index is 1.92. The highest BCUT2D eigenvalue weighted by atomic mass is 16.4. The van der Waals surface area contributed by atoms with Gasteiger partial charge in [0.1, 0.15) is 6.04 Å². The SMILES string of the molecule is C=CC(CCCCC)C1=C(C(=O)C2C(C)C=CC3(O)CC(C(=O)NC(CC(C)C)C(=O)O)CC(C)C23)C(=O)NC1=O. The summed E-state index contributed by atoms with van der Waals surface area (Å²) in [5.74, 6) is -6.31. The van der Waals surface area contributed by atoms with Gasteiger partial charge in [0.2, 0.25) is 5.91 Å². The van der Waals surface area contributed by atoms with Crippen molar-refractivity contribution >= 4 is 29.5 Å². The van der Waals surface area contributed by atoms with Crippen LogP contribution in [0.1, 0.15) is 79.6 Å². The number of hydrogen-bond acceptors (Lipinski definition) is 6. The summed E-state index contributed by atoms with van der Waals surface area (Å²) in [6.07, 6.45) is 9.02. The first-order valence-electron chi connectivity index (χ1n) is 15.0. The Morgan fingerprint density at radius 2 is 1.88 bits per heavy atom. The Morgan fingerprint density at radius 3 is 2.46 bits per heavy atom. The summed E-state index contributed by atoms with van der Waals surface area (Å²) < 4.78 is 0. The van der Waals surface area contributed by atoms with Gasteiger partial charge in [0.15, 0.2) is 5.78 Å². The Morgan fingerprint density at radius 1 is 1.20 bits per heavy atom. The van der Waals surface area contributed by atoms with E-state index in [1.807, 2.05) is 27.7 Å². The quantitative estimate of drug-likeness (QED) is 0.114. The molecule has 0 saturated heterocycles. The van der Waals surface area contributed by atoms with Gasteiger partial charge in [0.25, 0.3) is 11.8 Å². The molecule has 1 aliphatic heterocycles. The van der Waals surface area contributed by atoms with Crippen molar-refractivity contribution < 1.29 is 34.2 Å². The minimum absolute atomic E-state index is 0.0260. The lowest BCUT2D eigenvalue weighted by atomic mass is 9.55. The summed E-state index contributed by atoms with van der Waals surface area (Å²) >= 11 is 0. The van der Waals surface area contributed by atoms with E-state index in [1.54, 1.807) is 18.2 Å². The highest BCUT2D eigenvalue weighted by Gasteiger charge is 2.56. The fourth-order valence-corrected chi connectivity index (χ4v) is 7.12. The molecule has 8 unspecified atom stereocenters. The van der Waals surface area contributed by atoms with Gasteiger partial charge in [-0.1, -0.05) is 72.1 Å². The predicted octanol–water partition coefficient (Wildman–Crippen LogP) is 3.72. The van der Waals surface area contributed by atoms with Gasteiger partial charge in [0, 0.05) is 29.2 Å². The van der Waals surface area contributed by atoms with Crippen molar-refractivity contribution in [3.8, 4) is 0 Å². The van der Waals surface area contributed by atoms with Gasteiger partial charge >= 0.3 is 5.97 Å². The number of carbonyl (C=O) groups excluding carboxylic acids is 4. The smallest absolute Gasteiger partial charge is 0.326 e. The fourth-order valence-electron chi connectivity index (χ4n) is 7.12. The second-order valence-corrected chi connectivity index (χ2v) is 12.7. The standard InChI is InChI=1S/C32H46N2O7/c1-7-9-10-11-20(8-2)24-25(30(38)34-29(24)37)27(35)23-18(5)12-13-32(41)16-21(15-19(6)26(23)32)28(36)33-22(31(39)40)14-17(3)4/h8,12-13,17-23,26,41H,2,7,9-11,14-16H2,1,3-6H3,(H,33,36)(H,39,40)(H,34,37,38). The molecule has 0 aromatic carbocycles. The number of Topliss-reactive ketones (excluding diaryl/α,β-unsaturated/α-hetero) is 1. The maximum atomic E-state index is 14.2. The predicted molar refractivity (Wildman–Crippen MR) is 154 cm³/mol.